The minimum atomic E-state index is -0.708. The second-order valence-electron chi connectivity index (χ2n) is 5.67. The summed E-state index contributed by atoms with van der Waals surface area (Å²) in [4.78, 5) is 0. The third-order valence-electron chi connectivity index (χ3n) is 3.97. The van der Waals surface area contributed by atoms with Crippen LogP contribution in [0.4, 0.5) is 0 Å². The Labute approximate surface area is 93.9 Å². The van der Waals surface area contributed by atoms with Crippen LogP contribution in [0.25, 0.3) is 0 Å². The largest absolute Gasteiger partial charge is 0.386 e. The number of aliphatic hydroxyl groups is 1. The molecule has 0 saturated carbocycles. The molecule has 0 aromatic heterocycles. The van der Waals surface area contributed by atoms with E-state index in [1.165, 1.54) is 18.4 Å². The fourth-order valence-electron chi connectivity index (χ4n) is 2.14. The summed E-state index contributed by atoms with van der Waals surface area (Å²) in [6.45, 7) is 12.3. The summed E-state index contributed by atoms with van der Waals surface area (Å²) in [7, 11) is 0. The summed E-state index contributed by atoms with van der Waals surface area (Å²) in [6.07, 6.45) is 5.90. The van der Waals surface area contributed by atoms with Crippen molar-refractivity contribution in [3.8, 4) is 0 Å². The number of hydrogen-bond donors (Lipinski definition) is 1. The molecule has 0 bridgehead atoms. The van der Waals surface area contributed by atoms with E-state index in [1.54, 1.807) is 11.6 Å². The van der Waals surface area contributed by atoms with Crippen molar-refractivity contribution >= 4 is 0 Å². The molecule has 0 heterocycles. The first-order valence-corrected chi connectivity index (χ1v) is 5.83. The SMILES string of the molecule is C=CC(C)(O)CCC1=C(C)C(C)(C)CC1. The first kappa shape index (κ1) is 12.5. The molecule has 0 saturated heterocycles. The van der Waals surface area contributed by atoms with Crippen molar-refractivity contribution in [2.75, 3.05) is 0 Å². The van der Waals surface area contributed by atoms with Gasteiger partial charge in [0.1, 0.15) is 0 Å². The zero-order chi connectivity index (χ0) is 11.7. The topological polar surface area (TPSA) is 20.2 Å². The summed E-state index contributed by atoms with van der Waals surface area (Å²) in [5.74, 6) is 0. The molecule has 0 radical (unpaired) electrons. The highest BCUT2D eigenvalue weighted by molar-refractivity contribution is 5.25. The minimum Gasteiger partial charge on any atom is -0.386 e. The molecule has 15 heavy (non-hydrogen) atoms. The highest BCUT2D eigenvalue weighted by atomic mass is 16.3. The van der Waals surface area contributed by atoms with Gasteiger partial charge in [0.2, 0.25) is 0 Å². The molecule has 1 rings (SSSR count). The zero-order valence-corrected chi connectivity index (χ0v) is 10.6. The standard InChI is InChI=1S/C14H24O/c1-6-14(5,15)10-8-12-7-9-13(3,4)11(12)2/h6,15H,1,7-10H2,2-5H3. The molecule has 1 aliphatic rings. The third kappa shape index (κ3) is 2.94. The van der Waals surface area contributed by atoms with Gasteiger partial charge in [-0.3, -0.25) is 0 Å². The lowest BCUT2D eigenvalue weighted by Crippen LogP contribution is -2.20. The third-order valence-corrected chi connectivity index (χ3v) is 3.97. The second-order valence-corrected chi connectivity index (χ2v) is 5.67. The fraction of sp³-hybridized carbons (Fsp3) is 0.714. The molecule has 86 valence electrons. The maximum atomic E-state index is 9.86. The van der Waals surface area contributed by atoms with Crippen molar-refractivity contribution in [3.05, 3.63) is 23.8 Å². The summed E-state index contributed by atoms with van der Waals surface area (Å²) in [5, 5.41) is 9.86. The quantitative estimate of drug-likeness (QED) is 0.696. The Morgan fingerprint density at radius 1 is 1.53 bits per heavy atom. The van der Waals surface area contributed by atoms with Crippen LogP contribution in [0, 0.1) is 5.41 Å². The summed E-state index contributed by atoms with van der Waals surface area (Å²) in [5.41, 5.74) is 2.74. The first-order valence-electron chi connectivity index (χ1n) is 5.83. The Bertz CT molecular complexity index is 282. The molecule has 1 aliphatic carbocycles. The van der Waals surface area contributed by atoms with E-state index < -0.39 is 5.60 Å². The zero-order valence-electron chi connectivity index (χ0n) is 10.6. The lowest BCUT2D eigenvalue weighted by molar-refractivity contribution is 0.102. The van der Waals surface area contributed by atoms with Crippen LogP contribution in [0.3, 0.4) is 0 Å². The van der Waals surface area contributed by atoms with E-state index >= 15 is 0 Å². The molecule has 1 heteroatoms. The van der Waals surface area contributed by atoms with Gasteiger partial charge in [-0.1, -0.05) is 31.1 Å². The molecule has 0 amide bonds. The van der Waals surface area contributed by atoms with Gasteiger partial charge in [0.25, 0.3) is 0 Å². The van der Waals surface area contributed by atoms with E-state index in [0.717, 1.165) is 12.8 Å². The van der Waals surface area contributed by atoms with Crippen LogP contribution in [0.2, 0.25) is 0 Å². The normalized spacial score (nSPS) is 24.1. The minimum absolute atomic E-state index is 0.370. The lowest BCUT2D eigenvalue weighted by atomic mass is 9.86. The molecule has 1 nitrogen and oxygen atoms in total. The molecule has 1 atom stereocenters. The van der Waals surface area contributed by atoms with E-state index in [4.69, 9.17) is 0 Å². The Morgan fingerprint density at radius 3 is 2.53 bits per heavy atom. The van der Waals surface area contributed by atoms with Crippen molar-refractivity contribution in [3.63, 3.8) is 0 Å². The predicted molar refractivity (Wildman–Crippen MR) is 65.8 cm³/mol. The molecule has 1 N–H and O–H groups in total. The summed E-state index contributed by atoms with van der Waals surface area (Å²) in [6, 6.07) is 0. The molecular formula is C14H24O. The van der Waals surface area contributed by atoms with Gasteiger partial charge in [0.05, 0.1) is 5.60 Å². The van der Waals surface area contributed by atoms with Gasteiger partial charge in [0, 0.05) is 0 Å². The van der Waals surface area contributed by atoms with Crippen LogP contribution in [-0.2, 0) is 0 Å². The van der Waals surface area contributed by atoms with E-state index in [1.807, 2.05) is 6.92 Å². The smallest absolute Gasteiger partial charge is 0.0800 e. The Morgan fingerprint density at radius 2 is 2.13 bits per heavy atom. The van der Waals surface area contributed by atoms with Crippen molar-refractivity contribution in [1.29, 1.82) is 0 Å². The highest BCUT2D eigenvalue weighted by Crippen LogP contribution is 2.43. The number of allylic oxidation sites excluding steroid dienone is 2. The highest BCUT2D eigenvalue weighted by Gasteiger charge is 2.29. The first-order chi connectivity index (χ1) is 6.78. The van der Waals surface area contributed by atoms with Gasteiger partial charge in [-0.05, 0) is 44.9 Å². The van der Waals surface area contributed by atoms with Gasteiger partial charge < -0.3 is 5.11 Å². The Hall–Kier alpha value is -0.560. The molecule has 0 spiro atoms. The van der Waals surface area contributed by atoms with Crippen molar-refractivity contribution in [2.24, 2.45) is 5.41 Å². The molecule has 0 aliphatic heterocycles. The molecular weight excluding hydrogens is 184 g/mol. The fourth-order valence-corrected chi connectivity index (χ4v) is 2.14. The maximum absolute atomic E-state index is 9.86. The summed E-state index contributed by atoms with van der Waals surface area (Å²) >= 11 is 0. The molecule has 0 aromatic rings. The van der Waals surface area contributed by atoms with Crippen molar-refractivity contribution < 1.29 is 5.11 Å². The second kappa shape index (κ2) is 4.13. The van der Waals surface area contributed by atoms with Crippen LogP contribution in [0.1, 0.15) is 53.4 Å². The van der Waals surface area contributed by atoms with E-state index in [-0.39, 0.29) is 0 Å². The van der Waals surface area contributed by atoms with Crippen LogP contribution in [0.5, 0.6) is 0 Å². The predicted octanol–water partition coefficient (Wildman–Crippen LogP) is 3.84. The monoisotopic (exact) mass is 208 g/mol. The number of hydrogen-bond acceptors (Lipinski definition) is 1. The average molecular weight is 208 g/mol. The van der Waals surface area contributed by atoms with E-state index in [9.17, 15) is 5.11 Å². The molecule has 1 unspecified atom stereocenters. The lowest BCUT2D eigenvalue weighted by Gasteiger charge is -2.21. The average Bonchev–Trinajstić information content (AvgIpc) is 2.40. The van der Waals surface area contributed by atoms with Crippen LogP contribution >= 0.6 is 0 Å². The van der Waals surface area contributed by atoms with Gasteiger partial charge >= 0.3 is 0 Å². The van der Waals surface area contributed by atoms with Gasteiger partial charge in [-0.2, -0.15) is 0 Å². The van der Waals surface area contributed by atoms with Crippen LogP contribution in [-0.4, -0.2) is 10.7 Å². The molecule has 0 aromatic carbocycles. The van der Waals surface area contributed by atoms with Gasteiger partial charge in [-0.25, -0.2) is 0 Å². The van der Waals surface area contributed by atoms with Crippen molar-refractivity contribution in [1.82, 2.24) is 0 Å². The van der Waals surface area contributed by atoms with Crippen LogP contribution < -0.4 is 0 Å². The maximum Gasteiger partial charge on any atom is 0.0800 e. The Balaban J connectivity index is 2.61. The van der Waals surface area contributed by atoms with E-state index in [2.05, 4.69) is 27.4 Å². The van der Waals surface area contributed by atoms with Crippen LogP contribution in [0.15, 0.2) is 23.8 Å². The van der Waals surface area contributed by atoms with Crippen molar-refractivity contribution in [2.45, 2.75) is 59.0 Å². The number of rotatable bonds is 4. The van der Waals surface area contributed by atoms with Gasteiger partial charge in [0.15, 0.2) is 0 Å². The molecule has 0 fully saturated rings. The Kier molecular flexibility index (Phi) is 3.44. The van der Waals surface area contributed by atoms with Gasteiger partial charge in [-0.15, -0.1) is 6.58 Å². The van der Waals surface area contributed by atoms with E-state index in [0.29, 0.717) is 5.41 Å². The summed E-state index contributed by atoms with van der Waals surface area (Å²) < 4.78 is 0.